The third kappa shape index (κ3) is 3.69. The van der Waals surface area contributed by atoms with Crippen molar-refractivity contribution in [1.29, 1.82) is 0 Å². The van der Waals surface area contributed by atoms with Crippen LogP contribution in [0.3, 0.4) is 0 Å². The molecule has 1 atom stereocenters. The Bertz CT molecular complexity index is 383. The minimum Gasteiger partial charge on any atom is -0.462 e. The number of ether oxygens (including phenoxy) is 2. The van der Waals surface area contributed by atoms with Crippen LogP contribution in [0.15, 0.2) is 0 Å². The Labute approximate surface area is 119 Å². The van der Waals surface area contributed by atoms with Gasteiger partial charge in [-0.15, -0.1) is 0 Å². The second-order valence-corrected chi connectivity index (χ2v) is 6.63. The molecule has 5 nitrogen and oxygen atoms in total. The molecule has 0 aromatic heterocycles. The fourth-order valence-electron chi connectivity index (χ4n) is 2.20. The lowest BCUT2D eigenvalue weighted by Gasteiger charge is -2.45. The second-order valence-electron chi connectivity index (χ2n) is 6.63. The van der Waals surface area contributed by atoms with E-state index in [1.807, 2.05) is 0 Å². The molecule has 1 saturated carbocycles. The molecule has 0 bridgehead atoms. The maximum Gasteiger partial charge on any atom is 0.324 e. The van der Waals surface area contributed by atoms with Gasteiger partial charge in [0.1, 0.15) is 17.8 Å². The van der Waals surface area contributed by atoms with Crippen LogP contribution in [0.2, 0.25) is 0 Å². The maximum atomic E-state index is 13.3. The van der Waals surface area contributed by atoms with Gasteiger partial charge in [-0.25, -0.2) is 4.39 Å². The van der Waals surface area contributed by atoms with E-state index in [1.165, 1.54) is 0 Å². The first-order chi connectivity index (χ1) is 8.98. The Balaban J connectivity index is 2.85. The molecule has 1 fully saturated rings. The molecule has 1 aliphatic carbocycles. The summed E-state index contributed by atoms with van der Waals surface area (Å²) in [5.41, 5.74) is 3.85. The van der Waals surface area contributed by atoms with Crippen LogP contribution in [0.1, 0.15) is 47.5 Å². The molecule has 0 heterocycles. The summed E-state index contributed by atoms with van der Waals surface area (Å²) in [5, 5.41) is 0. The highest BCUT2D eigenvalue weighted by Gasteiger charge is 2.59. The molecule has 1 aliphatic rings. The fraction of sp³-hybridized carbons (Fsp3) is 0.857. The molecule has 2 N–H and O–H groups in total. The Hall–Kier alpha value is -1.17. The predicted molar refractivity (Wildman–Crippen MR) is 71.6 cm³/mol. The first-order valence-electron chi connectivity index (χ1n) is 6.81. The molecule has 0 amide bonds. The fourth-order valence-corrected chi connectivity index (χ4v) is 2.20. The molecule has 6 heteroatoms. The molecule has 0 spiro atoms. The van der Waals surface area contributed by atoms with Crippen molar-refractivity contribution in [2.24, 2.45) is 11.1 Å². The van der Waals surface area contributed by atoms with Crippen molar-refractivity contribution in [3.8, 4) is 0 Å². The first-order valence-corrected chi connectivity index (χ1v) is 6.81. The molecule has 0 aromatic rings. The van der Waals surface area contributed by atoms with Crippen molar-refractivity contribution >= 4 is 11.9 Å². The normalized spacial score (nSPS) is 27.7. The summed E-state index contributed by atoms with van der Waals surface area (Å²) in [4.78, 5) is 24.2. The highest BCUT2D eigenvalue weighted by Crippen LogP contribution is 2.47. The molecule has 1 rings (SSSR count). The largest absolute Gasteiger partial charge is 0.462 e. The summed E-state index contributed by atoms with van der Waals surface area (Å²) in [7, 11) is 0. The van der Waals surface area contributed by atoms with Gasteiger partial charge in [-0.1, -0.05) is 0 Å². The highest BCUT2D eigenvalue weighted by molar-refractivity contribution is 5.89. The van der Waals surface area contributed by atoms with Crippen molar-refractivity contribution in [1.82, 2.24) is 0 Å². The van der Waals surface area contributed by atoms with Gasteiger partial charge in [0.15, 0.2) is 0 Å². The number of carbonyl (C=O) groups excluding carboxylic acids is 2. The molecule has 0 aliphatic heterocycles. The van der Waals surface area contributed by atoms with Gasteiger partial charge in [-0.05, 0) is 47.5 Å². The van der Waals surface area contributed by atoms with Crippen molar-refractivity contribution in [3.63, 3.8) is 0 Å². The van der Waals surface area contributed by atoms with Crippen molar-refractivity contribution in [2.75, 3.05) is 0 Å². The lowest BCUT2D eigenvalue weighted by molar-refractivity contribution is -0.183. The van der Waals surface area contributed by atoms with E-state index in [0.29, 0.717) is 0 Å². The molecule has 1 unspecified atom stereocenters. The average molecular weight is 289 g/mol. The lowest BCUT2D eigenvalue weighted by Crippen LogP contribution is -2.61. The van der Waals surface area contributed by atoms with Crippen LogP contribution in [0.4, 0.5) is 4.39 Å². The second kappa shape index (κ2) is 5.68. The predicted octanol–water partition coefficient (Wildman–Crippen LogP) is 1.73. The summed E-state index contributed by atoms with van der Waals surface area (Å²) < 4.78 is 23.5. The van der Waals surface area contributed by atoms with Crippen molar-refractivity contribution in [3.05, 3.63) is 0 Å². The first kappa shape index (κ1) is 16.9. The molecular weight excluding hydrogens is 265 g/mol. The third-order valence-electron chi connectivity index (χ3n) is 3.18. The van der Waals surface area contributed by atoms with Crippen LogP contribution in [0.25, 0.3) is 0 Å². The van der Waals surface area contributed by atoms with Crippen molar-refractivity contribution in [2.45, 2.75) is 71.4 Å². The molecule has 20 heavy (non-hydrogen) atoms. The van der Waals surface area contributed by atoms with Gasteiger partial charge in [0, 0.05) is 0 Å². The Morgan fingerprint density at radius 1 is 1.30 bits per heavy atom. The number of hydrogen-bond acceptors (Lipinski definition) is 5. The van der Waals surface area contributed by atoms with Gasteiger partial charge in [-0.2, -0.15) is 0 Å². The van der Waals surface area contributed by atoms with Crippen LogP contribution in [-0.4, -0.2) is 35.9 Å². The number of alkyl halides is 1. The zero-order chi connectivity index (χ0) is 15.7. The smallest absolute Gasteiger partial charge is 0.324 e. The van der Waals surface area contributed by atoms with Gasteiger partial charge in [-0.3, -0.25) is 9.59 Å². The zero-order valence-electron chi connectivity index (χ0n) is 12.7. The van der Waals surface area contributed by atoms with Gasteiger partial charge in [0.05, 0.1) is 11.5 Å². The topological polar surface area (TPSA) is 78.6 Å². The van der Waals surface area contributed by atoms with E-state index >= 15 is 0 Å². The van der Waals surface area contributed by atoms with Crippen LogP contribution in [-0.2, 0) is 19.1 Å². The van der Waals surface area contributed by atoms with E-state index < -0.39 is 35.2 Å². The minimum absolute atomic E-state index is 0.0983. The number of hydrogen-bond donors (Lipinski definition) is 1. The number of carbonyl (C=O) groups is 2. The zero-order valence-corrected chi connectivity index (χ0v) is 12.7. The maximum absolute atomic E-state index is 13.3. The van der Waals surface area contributed by atoms with Crippen LogP contribution >= 0.6 is 0 Å². The number of halogens is 1. The van der Waals surface area contributed by atoms with Crippen LogP contribution in [0, 0.1) is 5.41 Å². The van der Waals surface area contributed by atoms with E-state index in [2.05, 4.69) is 0 Å². The number of nitrogens with two attached hydrogens (primary N) is 1. The summed E-state index contributed by atoms with van der Waals surface area (Å²) in [5.74, 6) is -1.33. The molecule has 0 radical (unpaired) electrons. The lowest BCUT2D eigenvalue weighted by atomic mass is 9.63. The van der Waals surface area contributed by atoms with E-state index in [4.69, 9.17) is 15.2 Å². The number of esters is 2. The van der Waals surface area contributed by atoms with Gasteiger partial charge < -0.3 is 15.2 Å². The standard InChI is InChI=1S/C14H24FNO4/c1-8(2)19-12(18)14(6-9(15)7-14)10(16)11(17)20-13(3,4)5/h8-10H,6-7,16H2,1-5H3. The molecule has 116 valence electrons. The van der Waals surface area contributed by atoms with Gasteiger partial charge >= 0.3 is 11.9 Å². The minimum atomic E-state index is -1.30. The molecule has 0 saturated heterocycles. The van der Waals surface area contributed by atoms with Crippen LogP contribution in [0.5, 0.6) is 0 Å². The van der Waals surface area contributed by atoms with E-state index in [0.717, 1.165) is 0 Å². The van der Waals surface area contributed by atoms with Gasteiger partial charge in [0.25, 0.3) is 0 Å². The molecular formula is C14H24FNO4. The summed E-state index contributed by atoms with van der Waals surface area (Å²) >= 11 is 0. The molecule has 0 aromatic carbocycles. The average Bonchev–Trinajstić information content (AvgIpc) is 2.19. The van der Waals surface area contributed by atoms with Crippen molar-refractivity contribution < 1.29 is 23.5 Å². The Morgan fingerprint density at radius 2 is 1.80 bits per heavy atom. The van der Waals surface area contributed by atoms with Gasteiger partial charge in [0.2, 0.25) is 0 Å². The van der Waals surface area contributed by atoms with E-state index in [9.17, 15) is 14.0 Å². The summed E-state index contributed by atoms with van der Waals surface area (Å²) in [6, 6.07) is -1.21. The Kier molecular flexibility index (Phi) is 4.79. The summed E-state index contributed by atoms with van der Waals surface area (Å²) in [6.07, 6.45) is -1.68. The third-order valence-corrected chi connectivity index (χ3v) is 3.18. The Morgan fingerprint density at radius 3 is 2.15 bits per heavy atom. The monoisotopic (exact) mass is 289 g/mol. The quantitative estimate of drug-likeness (QED) is 0.797. The summed E-state index contributed by atoms with van der Waals surface area (Å²) in [6.45, 7) is 8.49. The highest BCUT2D eigenvalue weighted by atomic mass is 19.1. The van der Waals surface area contributed by atoms with E-state index in [1.54, 1.807) is 34.6 Å². The SMILES string of the molecule is CC(C)OC(=O)C1(C(N)C(=O)OC(C)(C)C)CC(F)C1. The van der Waals surface area contributed by atoms with E-state index in [-0.39, 0.29) is 18.9 Å². The number of rotatable bonds is 4. The van der Waals surface area contributed by atoms with Crippen LogP contribution < -0.4 is 5.73 Å².